The molecule has 42 heavy (non-hydrogen) atoms. The minimum atomic E-state index is -5.19. The number of halogens is 4. The van der Waals surface area contributed by atoms with Gasteiger partial charge in [0, 0.05) is 10.6 Å². The number of methoxy groups -OCH3 is 1. The highest BCUT2D eigenvalue weighted by Gasteiger charge is 2.48. The summed E-state index contributed by atoms with van der Waals surface area (Å²) >= 11 is 6.07. The molecule has 0 spiro atoms. The lowest BCUT2D eigenvalue weighted by Crippen LogP contribution is -2.56. The van der Waals surface area contributed by atoms with Crippen LogP contribution in [0.5, 0.6) is 5.75 Å². The fourth-order valence-electron chi connectivity index (χ4n) is 4.20. The Kier molecular flexibility index (Phi) is 10.6. The molecule has 0 saturated carbocycles. The second-order valence-electron chi connectivity index (χ2n) is 9.83. The van der Waals surface area contributed by atoms with Crippen molar-refractivity contribution in [1.82, 2.24) is 16.0 Å². The van der Waals surface area contributed by atoms with Crippen LogP contribution >= 0.6 is 11.6 Å². The summed E-state index contributed by atoms with van der Waals surface area (Å²) in [4.78, 5) is 51.8. The number of nitrogens with one attached hydrogen (secondary N) is 3. The summed E-state index contributed by atoms with van der Waals surface area (Å²) < 4.78 is 56.0. The van der Waals surface area contributed by atoms with Gasteiger partial charge in [-0.05, 0) is 42.7 Å². The van der Waals surface area contributed by atoms with E-state index in [0.717, 1.165) is 0 Å². The maximum Gasteiger partial charge on any atom is 0.452 e. The first-order chi connectivity index (χ1) is 19.7. The molecule has 0 bridgehead atoms. The molecule has 3 atom stereocenters. The summed E-state index contributed by atoms with van der Waals surface area (Å²) in [7, 11) is 1.41. The van der Waals surface area contributed by atoms with Crippen LogP contribution in [0.3, 0.4) is 0 Å². The zero-order valence-corrected chi connectivity index (χ0v) is 24.0. The molecule has 0 aliphatic carbocycles. The Bertz CT molecular complexity index is 1300. The van der Waals surface area contributed by atoms with E-state index >= 15 is 0 Å². The minimum absolute atomic E-state index is 0.0912. The van der Waals surface area contributed by atoms with Crippen LogP contribution in [0.25, 0.3) is 0 Å². The molecular weight excluding hydrogens is 583 g/mol. The van der Waals surface area contributed by atoms with Gasteiger partial charge in [-0.3, -0.25) is 19.2 Å². The molecule has 3 N–H and O–H groups in total. The molecule has 3 rings (SSSR count). The topological polar surface area (TPSA) is 132 Å². The monoisotopic (exact) mass is 613 g/mol. The fourth-order valence-corrected chi connectivity index (χ4v) is 4.39. The summed E-state index contributed by atoms with van der Waals surface area (Å²) in [6, 6.07) is 7.36. The second kappa shape index (κ2) is 13.5. The molecule has 1 heterocycles. The number of carbonyl (C=O) groups excluding carboxylic acids is 4. The predicted octanol–water partition coefficient (Wildman–Crippen LogP) is 3.18. The minimum Gasteiger partial charge on any atom is -0.497 e. The van der Waals surface area contributed by atoms with E-state index in [2.05, 4.69) is 16.0 Å². The molecular formula is C28H31ClF3N3O7. The number of carbonyl (C=O) groups is 4. The Hall–Kier alpha value is -3.68. The van der Waals surface area contributed by atoms with Crippen molar-refractivity contribution in [3.05, 3.63) is 64.7 Å². The van der Waals surface area contributed by atoms with E-state index in [1.54, 1.807) is 18.2 Å². The molecule has 3 amide bonds. The molecule has 2 aromatic rings. The molecule has 1 saturated heterocycles. The zero-order valence-electron chi connectivity index (χ0n) is 23.2. The second-order valence-corrected chi connectivity index (χ2v) is 10.3. The normalized spacial score (nSPS) is 16.7. The lowest BCUT2D eigenvalue weighted by atomic mass is 9.97. The average Bonchev–Trinajstić information content (AvgIpc) is 3.45. The number of Topliss-reactive ketones (excluding diaryl/α,β-unsaturated/α-hetero) is 1. The molecule has 0 aromatic heterocycles. The third kappa shape index (κ3) is 7.58. The van der Waals surface area contributed by atoms with Crippen LogP contribution in [-0.2, 0) is 34.4 Å². The summed E-state index contributed by atoms with van der Waals surface area (Å²) in [5, 5.41) is 7.38. The highest BCUT2D eigenvalue weighted by Crippen LogP contribution is 2.33. The number of hydrogen-bond donors (Lipinski definition) is 3. The van der Waals surface area contributed by atoms with E-state index in [1.807, 2.05) is 0 Å². The maximum atomic E-state index is 13.3. The molecule has 228 valence electrons. The fraction of sp³-hybridized carbons (Fsp3) is 0.429. The Balaban J connectivity index is 1.84. The highest BCUT2D eigenvalue weighted by molar-refractivity contribution is 6.30. The van der Waals surface area contributed by atoms with E-state index < -0.39 is 59.5 Å². The Morgan fingerprint density at radius 1 is 0.929 bits per heavy atom. The molecule has 1 aliphatic rings. The maximum absolute atomic E-state index is 13.3. The highest BCUT2D eigenvalue weighted by atomic mass is 35.5. The number of benzene rings is 2. The third-order valence-electron chi connectivity index (χ3n) is 6.46. The van der Waals surface area contributed by atoms with Crippen LogP contribution in [0.4, 0.5) is 13.2 Å². The van der Waals surface area contributed by atoms with Gasteiger partial charge in [0.25, 0.3) is 17.5 Å². The van der Waals surface area contributed by atoms with Gasteiger partial charge in [0.2, 0.25) is 11.8 Å². The van der Waals surface area contributed by atoms with Crippen LogP contribution in [0, 0.1) is 5.92 Å². The van der Waals surface area contributed by atoms with E-state index in [1.165, 1.54) is 58.2 Å². The van der Waals surface area contributed by atoms with E-state index in [0.29, 0.717) is 16.3 Å². The molecule has 14 heteroatoms. The van der Waals surface area contributed by atoms with Crippen LogP contribution in [0.1, 0.15) is 37.9 Å². The van der Waals surface area contributed by atoms with E-state index in [9.17, 15) is 32.3 Å². The first-order valence-corrected chi connectivity index (χ1v) is 13.3. The van der Waals surface area contributed by atoms with Crippen molar-refractivity contribution in [2.75, 3.05) is 20.3 Å². The van der Waals surface area contributed by atoms with Crippen molar-refractivity contribution in [3.63, 3.8) is 0 Å². The van der Waals surface area contributed by atoms with Crippen LogP contribution in [0.2, 0.25) is 5.02 Å². The largest absolute Gasteiger partial charge is 0.497 e. The van der Waals surface area contributed by atoms with Gasteiger partial charge in [-0.1, -0.05) is 49.7 Å². The number of amides is 3. The number of alkyl halides is 3. The number of ketones is 1. The van der Waals surface area contributed by atoms with Gasteiger partial charge in [0.05, 0.1) is 26.4 Å². The van der Waals surface area contributed by atoms with Gasteiger partial charge < -0.3 is 30.2 Å². The molecule has 10 nitrogen and oxygen atoms in total. The average molecular weight is 614 g/mol. The number of rotatable bonds is 11. The summed E-state index contributed by atoms with van der Waals surface area (Å²) in [6.07, 6.45) is -5.19. The van der Waals surface area contributed by atoms with Crippen molar-refractivity contribution in [3.8, 4) is 5.75 Å². The van der Waals surface area contributed by atoms with Gasteiger partial charge in [-0.2, -0.15) is 13.2 Å². The summed E-state index contributed by atoms with van der Waals surface area (Å²) in [5.41, 5.74) is 0.474. The van der Waals surface area contributed by atoms with Crippen LogP contribution in [-0.4, -0.2) is 62.1 Å². The molecule has 1 aliphatic heterocycles. The van der Waals surface area contributed by atoms with E-state index in [-0.39, 0.29) is 18.8 Å². The number of hydrogen-bond acceptors (Lipinski definition) is 7. The van der Waals surface area contributed by atoms with Crippen molar-refractivity contribution in [2.24, 2.45) is 5.92 Å². The first kappa shape index (κ1) is 32.8. The zero-order chi connectivity index (χ0) is 31.2. The van der Waals surface area contributed by atoms with Gasteiger partial charge in [0.15, 0.2) is 0 Å². The van der Waals surface area contributed by atoms with Crippen molar-refractivity contribution in [2.45, 2.75) is 50.9 Å². The first-order valence-electron chi connectivity index (χ1n) is 12.9. The summed E-state index contributed by atoms with van der Waals surface area (Å²) in [6.45, 7) is 4.20. The van der Waals surface area contributed by atoms with Gasteiger partial charge >= 0.3 is 6.18 Å². The number of ether oxygens (including phenoxy) is 3. The van der Waals surface area contributed by atoms with Gasteiger partial charge in [-0.25, -0.2) is 0 Å². The standard InChI is InChI=1S/C28H31ClF3N3O7/c1-15(2)21(23(36)28(30,31)32)34-25(38)22(17-8-10-20(40-4)11-9-17)35-24(37)16(3)33-26(39)27(41-12-13-42-27)18-6-5-7-19(29)14-18/h5-11,14-16,21-22H,12-13H2,1-4H3,(H,33,39)(H,34,38)(H,35,37)/t16-,21-,22-/m0/s1. The molecule has 2 aromatic carbocycles. The van der Waals surface area contributed by atoms with Crippen LogP contribution in [0.15, 0.2) is 48.5 Å². The Morgan fingerprint density at radius 3 is 2.07 bits per heavy atom. The Labute approximate surface area is 245 Å². The lowest BCUT2D eigenvalue weighted by molar-refractivity contribution is -0.188. The lowest BCUT2D eigenvalue weighted by Gasteiger charge is -2.29. The third-order valence-corrected chi connectivity index (χ3v) is 6.70. The van der Waals surface area contributed by atoms with Gasteiger partial charge in [0.1, 0.15) is 17.8 Å². The molecule has 1 fully saturated rings. The predicted molar refractivity (Wildman–Crippen MR) is 144 cm³/mol. The molecule has 0 radical (unpaired) electrons. The SMILES string of the molecule is COc1ccc([C@H](NC(=O)[C@H](C)NC(=O)C2(c3cccc(Cl)c3)OCCO2)C(=O)N[C@H](C(=O)C(F)(F)F)C(C)C)cc1. The smallest absolute Gasteiger partial charge is 0.452 e. The van der Waals surface area contributed by atoms with Crippen LogP contribution < -0.4 is 20.7 Å². The Morgan fingerprint density at radius 2 is 1.55 bits per heavy atom. The summed E-state index contributed by atoms with van der Waals surface area (Å²) in [5.74, 6) is -7.25. The van der Waals surface area contributed by atoms with Crippen molar-refractivity contribution < 1.29 is 46.6 Å². The van der Waals surface area contributed by atoms with Gasteiger partial charge in [-0.15, -0.1) is 0 Å². The van der Waals surface area contributed by atoms with Crippen molar-refractivity contribution in [1.29, 1.82) is 0 Å². The van der Waals surface area contributed by atoms with Crippen molar-refractivity contribution >= 4 is 35.1 Å². The van der Waals surface area contributed by atoms with E-state index in [4.69, 9.17) is 25.8 Å². The molecule has 0 unspecified atom stereocenters. The quantitative estimate of drug-likeness (QED) is 0.355.